The van der Waals surface area contributed by atoms with Crippen LogP contribution in [0, 0.1) is 17.8 Å². The third-order valence-electron chi connectivity index (χ3n) is 5.64. The van der Waals surface area contributed by atoms with Gasteiger partial charge in [0.05, 0.1) is 10.9 Å². The summed E-state index contributed by atoms with van der Waals surface area (Å²) >= 11 is 1.36. The van der Waals surface area contributed by atoms with Crippen LogP contribution in [0.1, 0.15) is 18.5 Å². The van der Waals surface area contributed by atoms with E-state index < -0.39 is 18.0 Å². The average Bonchev–Trinajstić information content (AvgIpc) is 3.37. The van der Waals surface area contributed by atoms with Gasteiger partial charge in [0.1, 0.15) is 11.5 Å². The first-order chi connectivity index (χ1) is 13.8. The highest BCUT2D eigenvalue weighted by Crippen LogP contribution is 2.43. The molecule has 1 saturated carbocycles. The van der Waals surface area contributed by atoms with Gasteiger partial charge in [-0.05, 0) is 42.7 Å². The van der Waals surface area contributed by atoms with Crippen LogP contribution in [-0.4, -0.2) is 47.6 Å². The molecule has 2 aromatic rings. The molecule has 10 heteroatoms. The summed E-state index contributed by atoms with van der Waals surface area (Å²) in [7, 11) is 1.71. The van der Waals surface area contributed by atoms with Gasteiger partial charge in [0, 0.05) is 26.7 Å². The lowest BCUT2D eigenvalue weighted by Gasteiger charge is -2.23. The van der Waals surface area contributed by atoms with Crippen LogP contribution in [0.2, 0.25) is 0 Å². The zero-order valence-corrected chi connectivity index (χ0v) is 16.6. The largest absolute Gasteiger partial charge is 0.433 e. The number of ether oxygens (including phenoxy) is 1. The smallest absolute Gasteiger partial charge is 0.390 e. The van der Waals surface area contributed by atoms with Crippen LogP contribution < -0.4 is 9.64 Å². The fourth-order valence-corrected chi connectivity index (χ4v) is 4.85. The van der Waals surface area contributed by atoms with E-state index in [1.165, 1.54) is 17.4 Å². The van der Waals surface area contributed by atoms with E-state index in [1.807, 2.05) is 4.90 Å². The highest BCUT2D eigenvalue weighted by molar-refractivity contribution is 7.07. The van der Waals surface area contributed by atoms with Gasteiger partial charge in [-0.3, -0.25) is 0 Å². The Bertz CT molecular complexity index is 847. The monoisotopic (exact) mass is 426 g/mol. The fourth-order valence-electron chi connectivity index (χ4n) is 4.40. The Morgan fingerprint density at radius 2 is 2.03 bits per heavy atom. The van der Waals surface area contributed by atoms with Crippen LogP contribution in [0.4, 0.5) is 23.8 Å². The number of halogens is 3. The summed E-state index contributed by atoms with van der Waals surface area (Å²) in [5, 5.41) is 1.67. The number of nitrogens with zero attached hydrogens (tertiary/aromatic N) is 4. The normalized spacial score (nSPS) is 23.9. The minimum absolute atomic E-state index is 0.305. The van der Waals surface area contributed by atoms with Crippen molar-refractivity contribution >= 4 is 23.2 Å². The number of pyridine rings is 1. The van der Waals surface area contributed by atoms with Crippen molar-refractivity contribution in [3.63, 3.8) is 0 Å². The van der Waals surface area contributed by atoms with Crippen LogP contribution in [0.5, 0.6) is 5.88 Å². The number of rotatable bonds is 4. The molecule has 2 fully saturated rings. The van der Waals surface area contributed by atoms with E-state index in [-0.39, 0.29) is 0 Å². The minimum Gasteiger partial charge on any atom is -0.390 e. The molecular weight excluding hydrogens is 405 g/mol. The van der Waals surface area contributed by atoms with Crippen LogP contribution in [0.25, 0.3) is 0 Å². The van der Waals surface area contributed by atoms with Gasteiger partial charge < -0.3 is 14.5 Å². The molecule has 1 aliphatic heterocycles. The highest BCUT2D eigenvalue weighted by atomic mass is 32.1. The van der Waals surface area contributed by atoms with Crippen molar-refractivity contribution in [2.45, 2.75) is 19.0 Å². The summed E-state index contributed by atoms with van der Waals surface area (Å²) in [5.74, 6) is 1.85. The number of fused-ring (bicyclic) bond motifs is 1. The quantitative estimate of drug-likeness (QED) is 0.735. The standard InChI is InChI=1S/C19H21F3N4O2S/c1-25(18(27)28-17-10-29-11-23-17)7-12-5-13-8-26(9-14(13)6-12)16-4-2-3-15(24-16)19(20,21)22/h2-4,10-14H,5-9H2,1H3/t12?,13-,14+. The van der Waals surface area contributed by atoms with Gasteiger partial charge in [0.15, 0.2) is 0 Å². The summed E-state index contributed by atoms with van der Waals surface area (Å²) in [6.07, 6.45) is -2.99. The molecule has 1 aliphatic carbocycles. The molecule has 0 spiro atoms. The number of carbonyl (C=O) groups excluding carboxylic acids is 1. The third kappa shape index (κ3) is 4.47. The molecule has 1 unspecified atom stereocenters. The molecular formula is C19H21F3N4O2S. The zero-order chi connectivity index (χ0) is 20.6. The van der Waals surface area contributed by atoms with Crippen LogP contribution in [0.15, 0.2) is 29.1 Å². The average molecular weight is 426 g/mol. The van der Waals surface area contributed by atoms with Gasteiger partial charge >= 0.3 is 12.3 Å². The second-order valence-electron chi connectivity index (χ2n) is 7.72. The summed E-state index contributed by atoms with van der Waals surface area (Å²) in [4.78, 5) is 23.4. The Morgan fingerprint density at radius 3 is 2.66 bits per heavy atom. The number of alkyl halides is 3. The number of thiazole rings is 1. The first-order valence-corrected chi connectivity index (χ1v) is 10.3. The van der Waals surface area contributed by atoms with Crippen LogP contribution in [-0.2, 0) is 6.18 Å². The Balaban J connectivity index is 1.30. The third-order valence-corrected chi connectivity index (χ3v) is 6.21. The number of anilines is 1. The Kier molecular flexibility index (Phi) is 5.37. The zero-order valence-electron chi connectivity index (χ0n) is 15.8. The summed E-state index contributed by atoms with van der Waals surface area (Å²) in [6.45, 7) is 1.99. The van der Waals surface area contributed by atoms with E-state index >= 15 is 0 Å². The van der Waals surface area contributed by atoms with Gasteiger partial charge in [-0.2, -0.15) is 13.2 Å². The van der Waals surface area contributed by atoms with E-state index in [0.717, 1.165) is 18.9 Å². The first kappa shape index (κ1) is 19.9. The molecule has 0 radical (unpaired) electrons. The maximum Gasteiger partial charge on any atom is 0.433 e. The molecule has 6 nitrogen and oxygen atoms in total. The van der Waals surface area contributed by atoms with Crippen molar-refractivity contribution in [1.29, 1.82) is 0 Å². The highest BCUT2D eigenvalue weighted by Gasteiger charge is 2.42. The molecule has 4 rings (SSSR count). The topological polar surface area (TPSA) is 58.6 Å². The molecule has 1 amide bonds. The van der Waals surface area contributed by atoms with Crippen molar-refractivity contribution in [2.24, 2.45) is 17.8 Å². The van der Waals surface area contributed by atoms with E-state index in [2.05, 4.69) is 9.97 Å². The molecule has 2 aromatic heterocycles. The Labute approximate surface area is 170 Å². The van der Waals surface area contributed by atoms with Crippen molar-refractivity contribution in [2.75, 3.05) is 31.6 Å². The maximum atomic E-state index is 12.9. The summed E-state index contributed by atoms with van der Waals surface area (Å²) in [5.41, 5.74) is 0.747. The molecule has 29 heavy (non-hydrogen) atoms. The number of aromatic nitrogens is 2. The molecule has 0 bridgehead atoms. The molecule has 2 aliphatic rings. The van der Waals surface area contributed by atoms with Gasteiger partial charge in [0.2, 0.25) is 5.88 Å². The van der Waals surface area contributed by atoms with Crippen molar-refractivity contribution in [3.8, 4) is 5.88 Å². The number of amides is 1. The SMILES string of the molecule is CN(CC1C[C@@H]2CN(c3cccc(C(F)(F)F)n3)C[C@@H]2C1)C(=O)Oc1cscn1. The lowest BCUT2D eigenvalue weighted by atomic mass is 10.0. The summed E-state index contributed by atoms with van der Waals surface area (Å²) in [6, 6.07) is 4.04. The second-order valence-corrected chi connectivity index (χ2v) is 8.44. The number of hydrogen-bond donors (Lipinski definition) is 0. The van der Waals surface area contributed by atoms with Crippen LogP contribution in [0.3, 0.4) is 0 Å². The van der Waals surface area contributed by atoms with Crippen molar-refractivity contribution in [3.05, 3.63) is 34.8 Å². The van der Waals surface area contributed by atoms with E-state index in [9.17, 15) is 18.0 Å². The predicted octanol–water partition coefficient (Wildman–Crippen LogP) is 4.15. The van der Waals surface area contributed by atoms with Crippen LogP contribution >= 0.6 is 11.3 Å². The molecule has 3 heterocycles. The summed E-state index contributed by atoms with van der Waals surface area (Å²) < 4.78 is 44.0. The fraction of sp³-hybridized carbons (Fsp3) is 0.526. The predicted molar refractivity (Wildman–Crippen MR) is 102 cm³/mol. The van der Waals surface area contributed by atoms with Crippen molar-refractivity contribution in [1.82, 2.24) is 14.9 Å². The Morgan fingerprint density at radius 1 is 1.31 bits per heavy atom. The molecule has 1 saturated heterocycles. The van der Waals surface area contributed by atoms with Crippen molar-refractivity contribution < 1.29 is 22.7 Å². The number of carbonyl (C=O) groups is 1. The van der Waals surface area contributed by atoms with E-state index in [0.29, 0.717) is 49.1 Å². The van der Waals surface area contributed by atoms with Gasteiger partial charge in [-0.1, -0.05) is 6.07 Å². The van der Waals surface area contributed by atoms with Gasteiger partial charge in [0.25, 0.3) is 0 Å². The molecule has 156 valence electrons. The number of hydrogen-bond acceptors (Lipinski definition) is 6. The first-order valence-electron chi connectivity index (χ1n) is 9.40. The molecule has 0 N–H and O–H groups in total. The maximum absolute atomic E-state index is 12.9. The van der Waals surface area contributed by atoms with Gasteiger partial charge in [-0.15, -0.1) is 11.3 Å². The van der Waals surface area contributed by atoms with Gasteiger partial charge in [-0.25, -0.2) is 14.8 Å². The van der Waals surface area contributed by atoms with E-state index in [4.69, 9.17) is 4.74 Å². The lowest BCUT2D eigenvalue weighted by Crippen LogP contribution is -2.34. The van der Waals surface area contributed by atoms with E-state index in [1.54, 1.807) is 28.9 Å². The molecule has 0 aromatic carbocycles. The minimum atomic E-state index is -4.44. The Hall–Kier alpha value is -2.36. The second kappa shape index (κ2) is 7.81. The lowest BCUT2D eigenvalue weighted by molar-refractivity contribution is -0.141. The molecule has 3 atom stereocenters.